The van der Waals surface area contributed by atoms with Crippen LogP contribution >= 0.6 is 0 Å². The first-order valence-corrected chi connectivity index (χ1v) is 17.4. The molecule has 1 aliphatic rings. The molecule has 4 aromatic rings. The van der Waals surface area contributed by atoms with Gasteiger partial charge >= 0.3 is 0 Å². The van der Waals surface area contributed by atoms with Crippen LogP contribution in [0.25, 0.3) is 22.3 Å². The molecule has 0 saturated heterocycles. The highest BCUT2D eigenvalue weighted by atomic mass is 32.2. The van der Waals surface area contributed by atoms with E-state index >= 15 is 0 Å². The lowest BCUT2D eigenvalue weighted by Crippen LogP contribution is -2.28. The zero-order chi connectivity index (χ0) is 32.7. The first-order valence-electron chi connectivity index (χ1n) is 16.0. The van der Waals surface area contributed by atoms with E-state index in [1.807, 2.05) is 11.6 Å². The summed E-state index contributed by atoms with van der Waals surface area (Å²) in [5.41, 5.74) is 3.00. The smallest absolute Gasteiger partial charge is 0.264 e. The van der Waals surface area contributed by atoms with Gasteiger partial charge in [0.25, 0.3) is 15.9 Å². The zero-order valence-corrected chi connectivity index (χ0v) is 27.5. The summed E-state index contributed by atoms with van der Waals surface area (Å²) in [6.07, 6.45) is 6.55. The van der Waals surface area contributed by atoms with Crippen LogP contribution in [0.4, 0.5) is 11.6 Å². The van der Waals surface area contributed by atoms with Gasteiger partial charge in [0.2, 0.25) is 5.95 Å². The lowest BCUT2D eigenvalue weighted by Gasteiger charge is -2.25. The number of fused-ring (bicyclic) bond motifs is 1. The Bertz CT molecular complexity index is 1720. The van der Waals surface area contributed by atoms with Gasteiger partial charge < -0.3 is 20.5 Å². The molecule has 1 amide bonds. The predicted molar refractivity (Wildman–Crippen MR) is 179 cm³/mol. The summed E-state index contributed by atoms with van der Waals surface area (Å²) in [7, 11) is -2.40. The van der Waals surface area contributed by atoms with Crippen molar-refractivity contribution in [2.45, 2.75) is 69.4 Å². The fourth-order valence-electron chi connectivity index (χ4n) is 5.54. The molecule has 0 spiro atoms. The lowest BCUT2D eigenvalue weighted by atomic mass is 9.93. The molecule has 1 fully saturated rings. The molecule has 0 aliphatic heterocycles. The number of hydrogen-bond donors (Lipinski definition) is 3. The molecule has 12 nitrogen and oxygen atoms in total. The maximum Gasteiger partial charge on any atom is 0.264 e. The Labute approximate surface area is 270 Å². The maximum atomic E-state index is 13.6. The molecule has 3 N–H and O–H groups in total. The van der Waals surface area contributed by atoms with Crippen LogP contribution < -0.4 is 14.9 Å². The zero-order valence-electron chi connectivity index (χ0n) is 26.6. The van der Waals surface area contributed by atoms with Gasteiger partial charge in [-0.3, -0.25) is 9.10 Å². The Morgan fingerprint density at radius 1 is 1.04 bits per heavy atom. The number of sulfonamides is 1. The van der Waals surface area contributed by atoms with Crippen molar-refractivity contribution in [3.05, 3.63) is 60.3 Å². The van der Waals surface area contributed by atoms with E-state index in [1.165, 1.54) is 11.4 Å². The second-order valence-corrected chi connectivity index (χ2v) is 13.4. The number of rotatable bonds is 14. The van der Waals surface area contributed by atoms with Crippen molar-refractivity contribution in [2.75, 3.05) is 43.0 Å². The monoisotopic (exact) mass is 649 g/mol. The van der Waals surface area contributed by atoms with Crippen LogP contribution in [0, 0.1) is 0 Å². The number of unbranched alkanes of at least 4 members (excludes halogenated alkanes) is 1. The van der Waals surface area contributed by atoms with Crippen molar-refractivity contribution in [1.29, 1.82) is 0 Å². The number of aliphatic hydroxyl groups is 1. The molecule has 0 radical (unpaired) electrons. The minimum absolute atomic E-state index is 0.0962. The van der Waals surface area contributed by atoms with Crippen LogP contribution in [-0.4, -0.2) is 78.6 Å². The average Bonchev–Trinajstić information content (AvgIpc) is 3.45. The van der Waals surface area contributed by atoms with E-state index in [0.29, 0.717) is 61.1 Å². The van der Waals surface area contributed by atoms with Crippen molar-refractivity contribution < 1.29 is 23.1 Å². The second kappa shape index (κ2) is 15.0. The van der Waals surface area contributed by atoms with E-state index < -0.39 is 10.0 Å². The van der Waals surface area contributed by atoms with Gasteiger partial charge in [-0.15, -0.1) is 0 Å². The summed E-state index contributed by atoms with van der Waals surface area (Å²) in [5, 5.41) is 21.9. The van der Waals surface area contributed by atoms with Crippen LogP contribution in [0.15, 0.2) is 59.6 Å². The third kappa shape index (κ3) is 7.48. The Balaban J connectivity index is 1.37. The summed E-state index contributed by atoms with van der Waals surface area (Å²) in [6.45, 7) is 6.19. The number of aliphatic hydroxyl groups excluding tert-OH is 1. The predicted octanol–water partition coefficient (Wildman–Crippen LogP) is 4.77. The molecule has 2 heterocycles. The summed E-state index contributed by atoms with van der Waals surface area (Å²) >= 11 is 0. The Morgan fingerprint density at radius 3 is 2.43 bits per heavy atom. The highest BCUT2D eigenvalue weighted by molar-refractivity contribution is 7.92. The minimum Gasteiger partial charge on any atom is -0.393 e. The molecule has 2 aromatic heterocycles. The quantitative estimate of drug-likeness (QED) is 0.164. The molecule has 2 aromatic carbocycles. The normalized spacial score (nSPS) is 16.8. The number of carbonyl (C=O) groups is 1. The van der Waals surface area contributed by atoms with E-state index in [2.05, 4.69) is 22.5 Å². The van der Waals surface area contributed by atoms with Crippen molar-refractivity contribution in [2.24, 2.45) is 0 Å². The summed E-state index contributed by atoms with van der Waals surface area (Å²) in [5.74, 6) is 0.294. The third-order valence-corrected chi connectivity index (χ3v) is 10.1. The fourth-order valence-corrected chi connectivity index (χ4v) is 6.74. The van der Waals surface area contributed by atoms with Crippen molar-refractivity contribution in [3.63, 3.8) is 0 Å². The number of hydrogen-bond acceptors (Lipinski definition) is 9. The minimum atomic E-state index is -3.89. The third-order valence-electron chi connectivity index (χ3n) is 8.29. The lowest BCUT2D eigenvalue weighted by molar-refractivity contribution is 0.0922. The molecule has 246 valence electrons. The molecule has 0 bridgehead atoms. The number of ether oxygens (including phenoxy) is 1. The number of anilines is 2. The van der Waals surface area contributed by atoms with Crippen LogP contribution in [-0.2, 0) is 14.8 Å². The van der Waals surface area contributed by atoms with Gasteiger partial charge in [-0.05, 0) is 75.4 Å². The Hall–Kier alpha value is -4.07. The average molecular weight is 650 g/mol. The highest BCUT2D eigenvalue weighted by Gasteiger charge is 2.27. The van der Waals surface area contributed by atoms with Gasteiger partial charge in [0.15, 0.2) is 5.65 Å². The molecule has 5 rings (SSSR count). The standard InChI is InChI=1S/C33H43N7O5S/c1-4-6-19-35-33-36-22-29-30(38-40(31(29)37-33)26-13-15-27(41)16-14-26)23-9-17-28(18-10-23)46(43,44)39(3)25-11-7-24(8-12-25)32(42)34-20-21-45-5-2/h7-12,17-18,22,26-27,41H,4-6,13-16,19-21H2,1-3H3,(H,34,42)(H,35,36,37)/t26-,27+. The van der Waals surface area contributed by atoms with E-state index in [1.54, 1.807) is 54.7 Å². The number of amides is 1. The maximum absolute atomic E-state index is 13.6. The van der Waals surface area contributed by atoms with Crippen molar-refractivity contribution >= 4 is 38.6 Å². The summed E-state index contributed by atoms with van der Waals surface area (Å²) < 4.78 is 35.5. The number of carbonyl (C=O) groups excluding carboxylic acids is 1. The van der Waals surface area contributed by atoms with Crippen LogP contribution in [0.1, 0.15) is 68.8 Å². The number of aromatic nitrogens is 4. The second-order valence-electron chi connectivity index (χ2n) is 11.5. The number of benzene rings is 2. The van der Waals surface area contributed by atoms with Crippen LogP contribution in [0.2, 0.25) is 0 Å². The van der Waals surface area contributed by atoms with Gasteiger partial charge in [-0.2, -0.15) is 10.1 Å². The topological polar surface area (TPSA) is 152 Å². The summed E-state index contributed by atoms with van der Waals surface area (Å²) in [4.78, 5) is 21.9. The fraction of sp³-hybridized carbons (Fsp3) is 0.455. The van der Waals surface area contributed by atoms with Crippen LogP contribution in [0.5, 0.6) is 0 Å². The van der Waals surface area contributed by atoms with E-state index in [4.69, 9.17) is 14.8 Å². The molecule has 46 heavy (non-hydrogen) atoms. The first kappa shape index (κ1) is 33.3. The Morgan fingerprint density at radius 2 is 1.76 bits per heavy atom. The van der Waals surface area contributed by atoms with Gasteiger partial charge in [0.1, 0.15) is 5.69 Å². The van der Waals surface area contributed by atoms with Gasteiger partial charge in [0.05, 0.1) is 34.7 Å². The van der Waals surface area contributed by atoms with Crippen LogP contribution in [0.3, 0.4) is 0 Å². The van der Waals surface area contributed by atoms with Gasteiger partial charge in [0, 0.05) is 44.1 Å². The van der Waals surface area contributed by atoms with Crippen molar-refractivity contribution in [3.8, 4) is 11.3 Å². The molecule has 0 unspecified atom stereocenters. The Kier molecular flexibility index (Phi) is 10.9. The molecular weight excluding hydrogens is 606 g/mol. The van der Waals surface area contributed by atoms with E-state index in [-0.39, 0.29) is 22.9 Å². The molecule has 1 aliphatic carbocycles. The summed E-state index contributed by atoms with van der Waals surface area (Å²) in [6, 6.07) is 13.2. The van der Waals surface area contributed by atoms with E-state index in [9.17, 15) is 18.3 Å². The van der Waals surface area contributed by atoms with E-state index in [0.717, 1.165) is 43.2 Å². The first-order chi connectivity index (χ1) is 22.2. The van der Waals surface area contributed by atoms with Gasteiger partial charge in [-0.1, -0.05) is 25.5 Å². The van der Waals surface area contributed by atoms with Crippen molar-refractivity contribution in [1.82, 2.24) is 25.1 Å². The SMILES string of the molecule is CCCCNc1ncc2c(-c3ccc(S(=O)(=O)N(C)c4ccc(C(=O)NCCOCC)cc4)cc3)nn([C@H]3CC[C@@H](O)CC3)c2n1. The largest absolute Gasteiger partial charge is 0.393 e. The molecule has 0 atom stereocenters. The highest BCUT2D eigenvalue weighted by Crippen LogP contribution is 2.35. The number of nitrogens with zero attached hydrogens (tertiary/aromatic N) is 5. The molecule has 1 saturated carbocycles. The molecular formula is C33H43N7O5S. The number of nitrogens with one attached hydrogen (secondary N) is 2. The van der Waals surface area contributed by atoms with Gasteiger partial charge in [-0.25, -0.2) is 18.1 Å². The molecule has 13 heteroatoms.